The van der Waals surface area contributed by atoms with Crippen molar-refractivity contribution in [3.8, 4) is 0 Å². The highest BCUT2D eigenvalue weighted by Crippen LogP contribution is 2.03. The van der Waals surface area contributed by atoms with Gasteiger partial charge in [0, 0.05) is 11.1 Å². The molecule has 0 saturated heterocycles. The Morgan fingerprint density at radius 2 is 1.12 bits per heavy atom. The van der Waals surface area contributed by atoms with Gasteiger partial charge in [-0.25, -0.2) is 0 Å². The van der Waals surface area contributed by atoms with Gasteiger partial charge in [-0.2, -0.15) is 0 Å². The molecule has 0 aromatic heterocycles. The number of carbonyl (C=O) groups is 2. The van der Waals surface area contributed by atoms with E-state index in [0.29, 0.717) is 0 Å². The highest BCUT2D eigenvalue weighted by atomic mass is 19.2. The van der Waals surface area contributed by atoms with Crippen molar-refractivity contribution < 1.29 is 18.6 Å². The Balaban J connectivity index is 2.75. The molecule has 4 N–H and O–H groups in total. The maximum Gasteiger partial charge on any atom is 0.267 e. The van der Waals surface area contributed by atoms with Crippen LogP contribution in [0.3, 0.4) is 0 Å². The first kappa shape index (κ1) is 12.0. The van der Waals surface area contributed by atoms with Crippen LogP contribution < -0.4 is 22.1 Å². The van der Waals surface area contributed by atoms with E-state index in [9.17, 15) is 18.6 Å². The van der Waals surface area contributed by atoms with Crippen LogP contribution in [0.25, 0.3) is 0 Å². The number of benzene rings is 1. The highest BCUT2D eigenvalue weighted by molar-refractivity contribution is 5.97. The lowest BCUT2D eigenvalue weighted by molar-refractivity contribution is 0.0868. The van der Waals surface area contributed by atoms with Crippen LogP contribution in [-0.4, -0.2) is 11.8 Å². The lowest BCUT2D eigenvalue weighted by Crippen LogP contribution is -2.32. The number of rotatable bonds is 4. The molecule has 1 aromatic carbocycles. The zero-order valence-corrected chi connectivity index (χ0v) is 7.88. The van der Waals surface area contributed by atoms with Gasteiger partial charge in [-0.05, 0) is 24.3 Å². The number of halogens is 2. The fourth-order valence-corrected chi connectivity index (χ4v) is 1.00. The number of hydrazine groups is 2. The van der Waals surface area contributed by atoms with Crippen molar-refractivity contribution in [1.82, 2.24) is 22.1 Å². The lowest BCUT2D eigenvalue weighted by atomic mass is 10.1. The van der Waals surface area contributed by atoms with Crippen LogP contribution in [0.2, 0.25) is 0 Å². The van der Waals surface area contributed by atoms with Gasteiger partial charge >= 0.3 is 0 Å². The number of hydrogen-bond acceptors (Lipinski definition) is 4. The van der Waals surface area contributed by atoms with Gasteiger partial charge in [-0.1, -0.05) is 11.3 Å². The number of amides is 2. The zero-order valence-electron chi connectivity index (χ0n) is 7.88. The zero-order chi connectivity index (χ0) is 12.0. The van der Waals surface area contributed by atoms with Gasteiger partial charge in [0.15, 0.2) is 0 Å². The smallest absolute Gasteiger partial charge is 0.267 e. The van der Waals surface area contributed by atoms with Gasteiger partial charge in [-0.15, -0.1) is 8.96 Å². The Morgan fingerprint density at radius 1 is 0.812 bits per heavy atom. The minimum atomic E-state index is -0.696. The average Bonchev–Trinajstić information content (AvgIpc) is 2.30. The second kappa shape index (κ2) is 5.73. The lowest BCUT2D eigenvalue weighted by Gasteiger charge is -2.03. The van der Waals surface area contributed by atoms with E-state index in [1.807, 2.05) is 0 Å². The van der Waals surface area contributed by atoms with E-state index in [0.717, 1.165) is 11.3 Å². The molecule has 0 aliphatic heterocycles. The Labute approximate surface area is 88.8 Å². The third kappa shape index (κ3) is 2.97. The Kier molecular flexibility index (Phi) is 4.30. The van der Waals surface area contributed by atoms with Crippen molar-refractivity contribution in [2.75, 3.05) is 0 Å². The summed E-state index contributed by atoms with van der Waals surface area (Å²) in [4.78, 5) is 22.1. The molecule has 0 fully saturated rings. The first-order chi connectivity index (χ1) is 7.69. The Bertz CT molecular complexity index is 345. The van der Waals surface area contributed by atoms with Crippen molar-refractivity contribution in [3.05, 3.63) is 35.4 Å². The Morgan fingerprint density at radius 3 is 1.38 bits per heavy atom. The van der Waals surface area contributed by atoms with Gasteiger partial charge in [0.25, 0.3) is 11.8 Å². The summed E-state index contributed by atoms with van der Waals surface area (Å²) in [6, 6.07) is 5.17. The predicted octanol–water partition coefficient (Wildman–Crippen LogP) is -0.0756. The second-order valence-corrected chi connectivity index (χ2v) is 2.67. The van der Waals surface area contributed by atoms with E-state index in [-0.39, 0.29) is 11.1 Å². The van der Waals surface area contributed by atoms with Crippen LogP contribution in [-0.2, 0) is 0 Å². The monoisotopic (exact) mass is 230 g/mol. The molecule has 0 spiro atoms. The van der Waals surface area contributed by atoms with E-state index >= 15 is 0 Å². The van der Waals surface area contributed by atoms with Crippen LogP contribution in [0.5, 0.6) is 0 Å². The molecular weight excluding hydrogens is 222 g/mol. The Hall–Kier alpha value is -2.06. The molecule has 1 aromatic rings. The molecule has 6 nitrogen and oxygen atoms in total. The van der Waals surface area contributed by atoms with Crippen LogP contribution >= 0.6 is 0 Å². The molecule has 0 aliphatic carbocycles. The third-order valence-corrected chi connectivity index (χ3v) is 1.73. The molecular formula is C8H8F2N4O2. The standard InChI is InChI=1S/C8H8F2N4O2/c9-13-11-7(15)5-1-2-6(4-3-5)8(16)12-14-10/h1-4,13-14H,(H,11,15)(H,12,16). The third-order valence-electron chi connectivity index (χ3n) is 1.73. The van der Waals surface area contributed by atoms with Gasteiger partial charge < -0.3 is 0 Å². The first-order valence-corrected chi connectivity index (χ1v) is 4.11. The van der Waals surface area contributed by atoms with Crippen LogP contribution in [0.1, 0.15) is 20.7 Å². The number of nitrogens with one attached hydrogen (secondary N) is 4. The summed E-state index contributed by atoms with van der Waals surface area (Å²) >= 11 is 0. The molecule has 0 heterocycles. The maximum atomic E-state index is 11.5. The normalized spacial score (nSPS) is 9.62. The van der Waals surface area contributed by atoms with E-state index < -0.39 is 11.8 Å². The number of hydrogen-bond donors (Lipinski definition) is 4. The second-order valence-electron chi connectivity index (χ2n) is 2.67. The van der Waals surface area contributed by atoms with Crippen molar-refractivity contribution in [1.29, 1.82) is 0 Å². The predicted molar refractivity (Wildman–Crippen MR) is 49.9 cm³/mol. The van der Waals surface area contributed by atoms with Crippen molar-refractivity contribution in [2.45, 2.75) is 0 Å². The molecule has 16 heavy (non-hydrogen) atoms. The summed E-state index contributed by atoms with van der Waals surface area (Å²) in [5.41, 5.74) is 5.68. The highest BCUT2D eigenvalue weighted by Gasteiger charge is 2.07. The summed E-state index contributed by atoms with van der Waals surface area (Å²) in [7, 11) is 0. The van der Waals surface area contributed by atoms with E-state index in [1.165, 1.54) is 24.3 Å². The molecule has 8 heteroatoms. The molecule has 0 aliphatic rings. The van der Waals surface area contributed by atoms with Crippen LogP contribution in [0.4, 0.5) is 8.96 Å². The molecule has 0 saturated carbocycles. The molecule has 86 valence electrons. The van der Waals surface area contributed by atoms with Gasteiger partial charge in [0.2, 0.25) is 0 Å². The largest absolute Gasteiger partial charge is 0.268 e. The van der Waals surface area contributed by atoms with Crippen LogP contribution in [0.15, 0.2) is 24.3 Å². The minimum absolute atomic E-state index is 0.148. The fourth-order valence-electron chi connectivity index (χ4n) is 1.00. The maximum absolute atomic E-state index is 11.5. The van der Waals surface area contributed by atoms with Crippen molar-refractivity contribution >= 4 is 11.8 Å². The molecule has 0 unspecified atom stereocenters. The molecule has 0 bridgehead atoms. The summed E-state index contributed by atoms with van der Waals surface area (Å²) in [6.45, 7) is 0. The van der Waals surface area contributed by atoms with E-state index in [4.69, 9.17) is 0 Å². The average molecular weight is 230 g/mol. The molecule has 0 atom stereocenters. The summed E-state index contributed by atoms with van der Waals surface area (Å²) in [6.07, 6.45) is 0. The molecule has 0 radical (unpaired) electrons. The molecule has 1 rings (SSSR count). The van der Waals surface area contributed by atoms with Gasteiger partial charge in [0.1, 0.15) is 0 Å². The van der Waals surface area contributed by atoms with Crippen LogP contribution in [0, 0.1) is 0 Å². The van der Waals surface area contributed by atoms with Gasteiger partial charge in [-0.3, -0.25) is 20.4 Å². The topological polar surface area (TPSA) is 82.3 Å². The summed E-state index contributed by atoms with van der Waals surface area (Å²) in [5.74, 6) is -1.39. The quantitative estimate of drug-likeness (QED) is 0.431. The molecule has 2 amide bonds. The van der Waals surface area contributed by atoms with E-state index in [1.54, 1.807) is 10.9 Å². The fraction of sp³-hybridized carbons (Fsp3) is 0. The first-order valence-electron chi connectivity index (χ1n) is 4.11. The van der Waals surface area contributed by atoms with E-state index in [2.05, 4.69) is 0 Å². The number of carbonyl (C=O) groups excluding carboxylic acids is 2. The summed E-state index contributed by atoms with van der Waals surface area (Å²) < 4.78 is 23.1. The minimum Gasteiger partial charge on any atom is -0.268 e. The van der Waals surface area contributed by atoms with Crippen molar-refractivity contribution in [3.63, 3.8) is 0 Å². The van der Waals surface area contributed by atoms with Crippen molar-refractivity contribution in [2.24, 2.45) is 0 Å². The SMILES string of the molecule is O=C(NNF)c1ccc(C(=O)NNF)cc1. The van der Waals surface area contributed by atoms with Gasteiger partial charge in [0.05, 0.1) is 0 Å². The summed E-state index contributed by atoms with van der Waals surface area (Å²) in [5, 5.41) is 0.